The fraction of sp³-hybridized carbons (Fsp3) is 0.333. The van der Waals surface area contributed by atoms with Crippen LogP contribution in [0.5, 0.6) is 0 Å². The highest BCUT2D eigenvalue weighted by Gasteiger charge is 2.25. The summed E-state index contributed by atoms with van der Waals surface area (Å²) in [6.07, 6.45) is 3.94. The van der Waals surface area contributed by atoms with E-state index in [1.54, 1.807) is 39.9 Å². The van der Waals surface area contributed by atoms with Crippen LogP contribution in [0.25, 0.3) is 10.6 Å². The molecular formula is C21H23N3O3S3. The van der Waals surface area contributed by atoms with Crippen molar-refractivity contribution in [3.8, 4) is 10.6 Å². The van der Waals surface area contributed by atoms with Crippen molar-refractivity contribution >= 4 is 44.3 Å². The number of nitrogens with zero attached hydrogens (tertiary/aromatic N) is 2. The van der Waals surface area contributed by atoms with E-state index in [1.807, 2.05) is 23.8 Å². The highest BCUT2D eigenvalue weighted by atomic mass is 32.2. The van der Waals surface area contributed by atoms with Gasteiger partial charge in [0.2, 0.25) is 10.0 Å². The van der Waals surface area contributed by atoms with Gasteiger partial charge in [0.15, 0.2) is 0 Å². The van der Waals surface area contributed by atoms with Gasteiger partial charge < -0.3 is 5.32 Å². The van der Waals surface area contributed by atoms with Gasteiger partial charge in [0.1, 0.15) is 9.88 Å². The van der Waals surface area contributed by atoms with Crippen molar-refractivity contribution in [2.45, 2.75) is 37.5 Å². The molecule has 0 saturated carbocycles. The van der Waals surface area contributed by atoms with E-state index in [0.717, 1.165) is 36.3 Å². The highest BCUT2D eigenvalue weighted by molar-refractivity contribution is 7.89. The zero-order chi connectivity index (χ0) is 21.1. The SMILES string of the molecule is Cc1nc(-c2ccsc2)sc1C(=O)Nc1ccc(S(=O)(=O)N2CCCCCC2)cc1. The van der Waals surface area contributed by atoms with Gasteiger partial charge >= 0.3 is 0 Å². The Morgan fingerprint density at radius 2 is 1.77 bits per heavy atom. The summed E-state index contributed by atoms with van der Waals surface area (Å²) < 4.78 is 27.3. The molecule has 3 aromatic rings. The van der Waals surface area contributed by atoms with Crippen LogP contribution in [0.1, 0.15) is 41.0 Å². The lowest BCUT2D eigenvalue weighted by atomic mass is 10.2. The molecule has 2 aromatic heterocycles. The molecule has 1 saturated heterocycles. The van der Waals surface area contributed by atoms with Crippen LogP contribution in [0.2, 0.25) is 0 Å². The number of aromatic nitrogens is 1. The lowest BCUT2D eigenvalue weighted by molar-refractivity contribution is 0.103. The first-order chi connectivity index (χ1) is 14.4. The van der Waals surface area contributed by atoms with Gasteiger partial charge in [-0.25, -0.2) is 13.4 Å². The predicted molar refractivity (Wildman–Crippen MR) is 122 cm³/mol. The van der Waals surface area contributed by atoms with Gasteiger partial charge in [-0.05, 0) is 55.5 Å². The fourth-order valence-electron chi connectivity index (χ4n) is 3.45. The van der Waals surface area contributed by atoms with Crippen LogP contribution in [0, 0.1) is 6.92 Å². The third-order valence-electron chi connectivity index (χ3n) is 5.09. The first-order valence-electron chi connectivity index (χ1n) is 9.87. The van der Waals surface area contributed by atoms with Gasteiger partial charge in [-0.15, -0.1) is 11.3 Å². The van der Waals surface area contributed by atoms with Gasteiger partial charge in [-0.2, -0.15) is 15.6 Å². The lowest BCUT2D eigenvalue weighted by Gasteiger charge is -2.20. The molecule has 0 atom stereocenters. The van der Waals surface area contributed by atoms with Crippen LogP contribution in [0.4, 0.5) is 5.69 Å². The summed E-state index contributed by atoms with van der Waals surface area (Å²) in [4.78, 5) is 18.0. The standard InChI is InChI=1S/C21H23N3O3S3/c1-15-19(29-21(22-15)16-10-13-28-14-16)20(25)23-17-6-8-18(9-7-17)30(26,27)24-11-4-2-3-5-12-24/h6-10,13-14H,2-5,11-12H2,1H3,(H,23,25). The van der Waals surface area contributed by atoms with Crippen molar-refractivity contribution in [2.75, 3.05) is 18.4 Å². The zero-order valence-electron chi connectivity index (χ0n) is 16.6. The summed E-state index contributed by atoms with van der Waals surface area (Å²) in [5.41, 5.74) is 2.24. The Hall–Kier alpha value is -2.07. The monoisotopic (exact) mass is 461 g/mol. The normalized spacial score (nSPS) is 15.6. The minimum atomic E-state index is -3.50. The number of thiazole rings is 1. The number of sulfonamides is 1. The Balaban J connectivity index is 1.48. The Bertz CT molecular complexity index is 1110. The molecule has 0 spiro atoms. The molecule has 1 amide bonds. The number of carbonyl (C=O) groups excluding carboxylic acids is 1. The van der Waals surface area contributed by atoms with E-state index in [0.29, 0.717) is 29.3 Å². The third-order valence-corrected chi connectivity index (χ3v) is 8.89. The van der Waals surface area contributed by atoms with Crippen molar-refractivity contribution in [1.29, 1.82) is 0 Å². The van der Waals surface area contributed by atoms with E-state index in [2.05, 4.69) is 10.3 Å². The Labute approximate surface area is 184 Å². The van der Waals surface area contributed by atoms with Crippen LogP contribution in [-0.2, 0) is 10.0 Å². The van der Waals surface area contributed by atoms with Gasteiger partial charge in [0, 0.05) is 29.7 Å². The number of hydrogen-bond acceptors (Lipinski definition) is 6. The Kier molecular flexibility index (Phi) is 6.33. The number of nitrogens with one attached hydrogen (secondary N) is 1. The van der Waals surface area contributed by atoms with E-state index in [-0.39, 0.29) is 10.8 Å². The van der Waals surface area contributed by atoms with Crippen LogP contribution in [-0.4, -0.2) is 36.7 Å². The van der Waals surface area contributed by atoms with Crippen molar-refractivity contribution in [3.05, 3.63) is 51.7 Å². The largest absolute Gasteiger partial charge is 0.321 e. The molecule has 1 fully saturated rings. The van der Waals surface area contributed by atoms with Crippen molar-refractivity contribution in [3.63, 3.8) is 0 Å². The minimum absolute atomic E-state index is 0.241. The predicted octanol–water partition coefficient (Wildman–Crippen LogP) is 5.00. The molecule has 0 bridgehead atoms. The molecule has 0 radical (unpaired) electrons. The van der Waals surface area contributed by atoms with Crippen LogP contribution >= 0.6 is 22.7 Å². The number of aryl methyl sites for hydroxylation is 1. The second-order valence-electron chi connectivity index (χ2n) is 7.24. The summed E-state index contributed by atoms with van der Waals surface area (Å²) in [6, 6.07) is 8.38. The Morgan fingerprint density at radius 1 is 1.07 bits per heavy atom. The summed E-state index contributed by atoms with van der Waals surface area (Å²) in [5.74, 6) is -0.241. The van der Waals surface area contributed by atoms with Gasteiger partial charge in [-0.3, -0.25) is 4.79 Å². The van der Waals surface area contributed by atoms with Crippen LogP contribution < -0.4 is 5.32 Å². The highest BCUT2D eigenvalue weighted by Crippen LogP contribution is 2.30. The molecule has 1 aliphatic rings. The molecule has 3 heterocycles. The quantitative estimate of drug-likeness (QED) is 0.580. The molecule has 0 aliphatic carbocycles. The number of anilines is 1. The number of thiophene rings is 1. The van der Waals surface area contributed by atoms with E-state index in [1.165, 1.54) is 11.3 Å². The molecule has 158 valence electrons. The van der Waals surface area contributed by atoms with Gasteiger partial charge in [-0.1, -0.05) is 12.8 Å². The summed E-state index contributed by atoms with van der Waals surface area (Å²) >= 11 is 2.94. The van der Waals surface area contributed by atoms with E-state index in [9.17, 15) is 13.2 Å². The molecule has 1 aliphatic heterocycles. The fourth-order valence-corrected chi connectivity index (χ4v) is 6.64. The van der Waals surface area contributed by atoms with Crippen molar-refractivity contribution in [2.24, 2.45) is 0 Å². The van der Waals surface area contributed by atoms with E-state index >= 15 is 0 Å². The average molecular weight is 462 g/mol. The second kappa shape index (κ2) is 8.97. The summed E-state index contributed by atoms with van der Waals surface area (Å²) in [6.45, 7) is 2.95. The number of rotatable bonds is 5. The molecule has 30 heavy (non-hydrogen) atoms. The summed E-state index contributed by atoms with van der Waals surface area (Å²) in [7, 11) is -3.50. The molecule has 9 heteroatoms. The molecule has 6 nitrogen and oxygen atoms in total. The van der Waals surface area contributed by atoms with Crippen molar-refractivity contribution in [1.82, 2.24) is 9.29 Å². The third kappa shape index (κ3) is 4.49. The topological polar surface area (TPSA) is 79.4 Å². The number of benzene rings is 1. The maximum Gasteiger partial charge on any atom is 0.267 e. The van der Waals surface area contributed by atoms with Gasteiger partial charge in [0.25, 0.3) is 5.91 Å². The van der Waals surface area contributed by atoms with Gasteiger partial charge in [0.05, 0.1) is 10.6 Å². The first-order valence-corrected chi connectivity index (χ1v) is 13.1. The van der Waals surface area contributed by atoms with Crippen molar-refractivity contribution < 1.29 is 13.2 Å². The zero-order valence-corrected chi connectivity index (χ0v) is 19.1. The number of amides is 1. The Morgan fingerprint density at radius 3 is 2.40 bits per heavy atom. The van der Waals surface area contributed by atoms with E-state index in [4.69, 9.17) is 0 Å². The van der Waals surface area contributed by atoms with Crippen LogP contribution in [0.3, 0.4) is 0 Å². The maximum atomic E-state index is 12.9. The number of hydrogen-bond donors (Lipinski definition) is 1. The maximum absolute atomic E-state index is 12.9. The summed E-state index contributed by atoms with van der Waals surface area (Å²) in [5, 5.41) is 7.65. The molecular weight excluding hydrogens is 438 g/mol. The molecule has 1 aromatic carbocycles. The smallest absolute Gasteiger partial charge is 0.267 e. The lowest BCUT2D eigenvalue weighted by Crippen LogP contribution is -2.31. The molecule has 4 rings (SSSR count). The number of carbonyl (C=O) groups is 1. The van der Waals surface area contributed by atoms with E-state index < -0.39 is 10.0 Å². The van der Waals surface area contributed by atoms with Crippen LogP contribution in [0.15, 0.2) is 46.0 Å². The first kappa shape index (κ1) is 21.2. The minimum Gasteiger partial charge on any atom is -0.321 e. The molecule has 1 N–H and O–H groups in total. The second-order valence-corrected chi connectivity index (χ2v) is 11.0. The average Bonchev–Trinajstić information content (AvgIpc) is 3.30. The molecule has 0 unspecified atom stereocenters.